The van der Waals surface area contributed by atoms with Gasteiger partial charge in [0.15, 0.2) is 0 Å². The molecule has 2 heteroatoms. The molecule has 2 aliphatic rings. The van der Waals surface area contributed by atoms with Crippen LogP contribution in [0.4, 0.5) is 0 Å². The third kappa shape index (κ3) is 2.09. The number of carboxylic acid groups (broad SMARTS) is 1. The lowest BCUT2D eigenvalue weighted by atomic mass is 9.95. The first-order valence-corrected chi connectivity index (χ1v) is 4.06. The first-order valence-electron chi connectivity index (χ1n) is 4.06. The summed E-state index contributed by atoms with van der Waals surface area (Å²) in [5, 5.41) is 7.91. The van der Waals surface area contributed by atoms with Crippen molar-refractivity contribution in [3.8, 4) is 11.1 Å². The molecule has 0 saturated carbocycles. The molecule has 1 N–H and O–H groups in total. The highest BCUT2D eigenvalue weighted by Gasteiger charge is 2.03. The molecule has 0 aromatic carbocycles. The average molecular weight is 164 g/mol. The summed E-state index contributed by atoms with van der Waals surface area (Å²) < 4.78 is 0. The van der Waals surface area contributed by atoms with E-state index >= 15 is 0 Å². The van der Waals surface area contributed by atoms with Gasteiger partial charge in [0, 0.05) is 6.42 Å². The zero-order chi connectivity index (χ0) is 8.97. The second-order valence-electron chi connectivity index (χ2n) is 2.72. The number of rotatable bonds is 2. The third-order valence-corrected chi connectivity index (χ3v) is 1.68. The molecule has 0 radical (unpaired) electrons. The van der Waals surface area contributed by atoms with Crippen molar-refractivity contribution in [2.75, 3.05) is 0 Å². The van der Waals surface area contributed by atoms with E-state index in [0.717, 1.165) is 6.42 Å². The lowest BCUT2D eigenvalue weighted by Gasteiger charge is -2.10. The van der Waals surface area contributed by atoms with Crippen LogP contribution >= 0.6 is 0 Å². The van der Waals surface area contributed by atoms with Crippen LogP contribution in [0.2, 0.25) is 0 Å². The van der Waals surface area contributed by atoms with Gasteiger partial charge in [-0.15, -0.1) is 0 Å². The normalized spacial score (nSPS) is 9.75. The molecule has 0 saturated heterocycles. The Bertz CT molecular complexity index is 241. The van der Waals surface area contributed by atoms with Crippen LogP contribution in [0.3, 0.4) is 0 Å². The maximum atomic E-state index is 9.60. The number of hydrogen-bond acceptors (Lipinski definition) is 1. The van der Waals surface area contributed by atoms with E-state index in [9.17, 15) is 4.79 Å². The summed E-state index contributed by atoms with van der Waals surface area (Å²) in [6.45, 7) is 1.84. The smallest absolute Gasteiger partial charge is 0.303 e. The molecule has 0 amide bonds. The molecule has 2 rings (SSSR count). The molecular formula is C10H12O2. The van der Waals surface area contributed by atoms with E-state index in [4.69, 9.17) is 5.11 Å². The number of carbonyl (C=O) groups is 1. The van der Waals surface area contributed by atoms with Crippen LogP contribution in [-0.4, -0.2) is 11.1 Å². The number of aliphatic carboxylic acids is 1. The first-order chi connectivity index (χ1) is 5.74. The predicted molar refractivity (Wildman–Crippen MR) is 48.0 cm³/mol. The molecule has 64 valence electrons. The summed E-state index contributed by atoms with van der Waals surface area (Å²) in [5.41, 5.74) is 2.85. The number of benzene rings is 1. The van der Waals surface area contributed by atoms with Crippen molar-refractivity contribution in [1.29, 1.82) is 0 Å². The molecule has 2 nitrogen and oxygen atoms in total. The van der Waals surface area contributed by atoms with Gasteiger partial charge in [-0.3, -0.25) is 4.79 Å². The van der Waals surface area contributed by atoms with E-state index in [2.05, 4.69) is 24.3 Å². The van der Waals surface area contributed by atoms with Crippen molar-refractivity contribution in [1.82, 2.24) is 0 Å². The largest absolute Gasteiger partial charge is 0.481 e. The van der Waals surface area contributed by atoms with Crippen molar-refractivity contribution in [2.45, 2.75) is 19.8 Å². The summed E-state index contributed by atoms with van der Waals surface area (Å²) in [6.07, 6.45) is 1.02. The fourth-order valence-corrected chi connectivity index (χ4v) is 0.877. The average Bonchev–Trinajstić information content (AvgIpc) is 1.98. The molecular weight excluding hydrogens is 152 g/mol. The number of hydrogen-bond donors (Lipinski definition) is 1. The minimum absolute atomic E-state index is 0.292. The Morgan fingerprint density at radius 3 is 1.67 bits per heavy atom. The molecule has 2 aliphatic carbocycles. The van der Waals surface area contributed by atoms with E-state index in [1.807, 2.05) is 6.92 Å². The lowest BCUT2D eigenvalue weighted by Crippen LogP contribution is -1.90. The van der Waals surface area contributed by atoms with Crippen molar-refractivity contribution in [3.05, 3.63) is 24.3 Å². The second-order valence-corrected chi connectivity index (χ2v) is 2.72. The Labute approximate surface area is 71.8 Å². The predicted octanol–water partition coefficient (Wildman–Crippen LogP) is 2.54. The van der Waals surface area contributed by atoms with Gasteiger partial charge < -0.3 is 5.11 Å². The van der Waals surface area contributed by atoms with Crippen LogP contribution in [0.5, 0.6) is 0 Å². The quantitative estimate of drug-likeness (QED) is 0.740. The third-order valence-electron chi connectivity index (χ3n) is 1.68. The van der Waals surface area contributed by atoms with Crippen molar-refractivity contribution in [2.24, 2.45) is 0 Å². The van der Waals surface area contributed by atoms with Gasteiger partial charge in [-0.1, -0.05) is 31.2 Å². The Balaban J connectivity index is 0.000000120. The van der Waals surface area contributed by atoms with Crippen LogP contribution in [-0.2, 0) is 4.79 Å². The Hall–Kier alpha value is -1.31. The molecule has 0 spiro atoms. The topological polar surface area (TPSA) is 37.3 Å². The Morgan fingerprint density at radius 1 is 1.25 bits per heavy atom. The maximum absolute atomic E-state index is 9.60. The number of carboxylic acids is 1. The molecule has 0 aliphatic heterocycles. The van der Waals surface area contributed by atoms with Gasteiger partial charge >= 0.3 is 5.97 Å². The zero-order valence-corrected chi connectivity index (χ0v) is 7.08. The zero-order valence-electron chi connectivity index (χ0n) is 7.08. The van der Waals surface area contributed by atoms with Crippen LogP contribution in [0.25, 0.3) is 11.1 Å². The fraction of sp³-hybridized carbons (Fsp3) is 0.300. The molecule has 0 aromatic rings. The standard InChI is InChI=1S/C6H4.C4H8O2/c1-2-6-4-3-5(1)6;1-2-3-4(5)6/h1-4H;2-3H2,1H3,(H,5,6). The minimum atomic E-state index is -0.711. The Kier molecular flexibility index (Phi) is 2.86. The molecule has 0 bridgehead atoms. The van der Waals surface area contributed by atoms with Gasteiger partial charge in [0.1, 0.15) is 0 Å². The highest BCUT2D eigenvalue weighted by atomic mass is 16.4. The minimum Gasteiger partial charge on any atom is -0.481 e. The van der Waals surface area contributed by atoms with Crippen LogP contribution in [0, 0.1) is 0 Å². The molecule has 0 aromatic heterocycles. The molecule has 0 unspecified atom stereocenters. The second kappa shape index (κ2) is 3.90. The summed E-state index contributed by atoms with van der Waals surface area (Å²) in [7, 11) is 0. The summed E-state index contributed by atoms with van der Waals surface area (Å²) in [4.78, 5) is 9.60. The van der Waals surface area contributed by atoms with Crippen molar-refractivity contribution in [3.63, 3.8) is 0 Å². The lowest BCUT2D eigenvalue weighted by molar-refractivity contribution is -0.137. The van der Waals surface area contributed by atoms with E-state index in [1.54, 1.807) is 0 Å². The molecule has 0 fully saturated rings. The fourth-order valence-electron chi connectivity index (χ4n) is 0.877. The van der Waals surface area contributed by atoms with Crippen molar-refractivity contribution < 1.29 is 9.90 Å². The van der Waals surface area contributed by atoms with E-state index in [1.165, 1.54) is 11.1 Å². The monoisotopic (exact) mass is 164 g/mol. The highest BCUT2D eigenvalue weighted by Crippen LogP contribution is 2.29. The molecule has 0 atom stereocenters. The van der Waals surface area contributed by atoms with Gasteiger partial charge in [-0.05, 0) is 17.5 Å². The molecule has 0 heterocycles. The first kappa shape index (κ1) is 8.78. The van der Waals surface area contributed by atoms with Gasteiger partial charge in [-0.2, -0.15) is 0 Å². The van der Waals surface area contributed by atoms with Crippen LogP contribution in [0.15, 0.2) is 24.3 Å². The van der Waals surface area contributed by atoms with E-state index in [0.29, 0.717) is 6.42 Å². The highest BCUT2D eigenvalue weighted by molar-refractivity contribution is 5.75. The van der Waals surface area contributed by atoms with Crippen molar-refractivity contribution >= 4 is 5.97 Å². The summed E-state index contributed by atoms with van der Waals surface area (Å²) in [5.74, 6) is -0.711. The van der Waals surface area contributed by atoms with Gasteiger partial charge in [-0.25, -0.2) is 0 Å². The van der Waals surface area contributed by atoms with Gasteiger partial charge in [0.2, 0.25) is 0 Å². The number of fused-ring (bicyclic) bond motifs is 1. The van der Waals surface area contributed by atoms with Crippen LogP contribution < -0.4 is 0 Å². The summed E-state index contributed by atoms with van der Waals surface area (Å²) in [6, 6.07) is 8.48. The van der Waals surface area contributed by atoms with E-state index in [-0.39, 0.29) is 0 Å². The molecule has 12 heavy (non-hydrogen) atoms. The summed E-state index contributed by atoms with van der Waals surface area (Å²) >= 11 is 0. The van der Waals surface area contributed by atoms with Gasteiger partial charge in [0.05, 0.1) is 0 Å². The van der Waals surface area contributed by atoms with E-state index < -0.39 is 5.97 Å². The van der Waals surface area contributed by atoms with Gasteiger partial charge in [0.25, 0.3) is 0 Å². The maximum Gasteiger partial charge on any atom is 0.303 e. The Morgan fingerprint density at radius 2 is 1.67 bits per heavy atom. The van der Waals surface area contributed by atoms with Crippen LogP contribution in [0.1, 0.15) is 19.8 Å². The SMILES string of the molecule is CCCC(=O)O.c1cc2ccc1-2.